The summed E-state index contributed by atoms with van der Waals surface area (Å²) in [5.41, 5.74) is 0.984. The third kappa shape index (κ3) is 3.39. The van der Waals surface area contributed by atoms with Gasteiger partial charge in [0.1, 0.15) is 5.82 Å². The number of halogens is 2. The predicted molar refractivity (Wildman–Crippen MR) is 92.4 cm³/mol. The number of anilines is 2. The molecule has 0 aliphatic heterocycles. The van der Waals surface area contributed by atoms with Crippen molar-refractivity contribution in [2.24, 2.45) is 0 Å². The summed E-state index contributed by atoms with van der Waals surface area (Å²) >= 11 is 11.9. The van der Waals surface area contributed by atoms with Crippen molar-refractivity contribution in [3.63, 3.8) is 0 Å². The minimum absolute atomic E-state index is 0.0640. The molecule has 1 aromatic heterocycles. The minimum Gasteiger partial charge on any atom is -0.338 e. The van der Waals surface area contributed by atoms with Crippen LogP contribution in [0.25, 0.3) is 10.9 Å². The highest BCUT2D eigenvalue weighted by molar-refractivity contribution is 7.90. The van der Waals surface area contributed by atoms with E-state index < -0.39 is 9.84 Å². The number of hydrogen-bond acceptors (Lipinski definition) is 5. The van der Waals surface area contributed by atoms with E-state index in [-0.39, 0.29) is 10.2 Å². The summed E-state index contributed by atoms with van der Waals surface area (Å²) < 4.78 is 23.9. The number of benzene rings is 2. The quantitative estimate of drug-likeness (QED) is 0.706. The zero-order chi connectivity index (χ0) is 16.6. The number of para-hydroxylation sites is 1. The number of fused-ring (bicyclic) bond motifs is 1. The molecule has 0 amide bonds. The van der Waals surface area contributed by atoms with E-state index in [9.17, 15) is 8.42 Å². The Morgan fingerprint density at radius 2 is 1.78 bits per heavy atom. The van der Waals surface area contributed by atoms with Crippen molar-refractivity contribution in [2.75, 3.05) is 11.6 Å². The van der Waals surface area contributed by atoms with Gasteiger partial charge in [-0.25, -0.2) is 13.4 Å². The summed E-state index contributed by atoms with van der Waals surface area (Å²) in [4.78, 5) is 8.42. The second-order valence-corrected chi connectivity index (χ2v) is 7.65. The van der Waals surface area contributed by atoms with Crippen LogP contribution in [0.1, 0.15) is 0 Å². The molecule has 1 N–H and O–H groups in total. The van der Waals surface area contributed by atoms with Crippen molar-refractivity contribution in [1.29, 1.82) is 0 Å². The second-order valence-electron chi connectivity index (χ2n) is 4.90. The number of hydrogen-bond donors (Lipinski definition) is 1. The lowest BCUT2D eigenvalue weighted by Gasteiger charge is -2.12. The molecule has 0 spiro atoms. The largest absolute Gasteiger partial charge is 0.338 e. The molecule has 0 atom stereocenters. The SMILES string of the molecule is CS(=O)(=O)c1ccc(Cl)cc1Nc1nc(Cl)nc2ccccc12. The van der Waals surface area contributed by atoms with Gasteiger partial charge in [-0.05, 0) is 41.9 Å². The highest BCUT2D eigenvalue weighted by Gasteiger charge is 2.16. The van der Waals surface area contributed by atoms with Gasteiger partial charge in [-0.1, -0.05) is 23.7 Å². The van der Waals surface area contributed by atoms with E-state index in [1.54, 1.807) is 6.07 Å². The summed E-state index contributed by atoms with van der Waals surface area (Å²) in [5.74, 6) is 0.410. The first-order chi connectivity index (χ1) is 10.8. The number of nitrogens with zero attached hydrogens (tertiary/aromatic N) is 2. The maximum absolute atomic E-state index is 11.9. The Labute approximate surface area is 143 Å². The molecule has 0 radical (unpaired) electrons. The van der Waals surface area contributed by atoms with Crippen LogP contribution in [0.2, 0.25) is 10.3 Å². The van der Waals surface area contributed by atoms with Crippen molar-refractivity contribution in [3.8, 4) is 0 Å². The van der Waals surface area contributed by atoms with Crippen LogP contribution < -0.4 is 5.32 Å². The van der Waals surface area contributed by atoms with Crippen LogP contribution in [-0.2, 0) is 9.84 Å². The smallest absolute Gasteiger partial charge is 0.224 e. The first-order valence-electron chi connectivity index (χ1n) is 6.53. The van der Waals surface area contributed by atoms with Gasteiger partial charge >= 0.3 is 0 Å². The van der Waals surface area contributed by atoms with Crippen LogP contribution in [-0.4, -0.2) is 24.6 Å². The van der Waals surface area contributed by atoms with Crippen LogP contribution in [0.15, 0.2) is 47.4 Å². The van der Waals surface area contributed by atoms with Gasteiger partial charge in [-0.2, -0.15) is 4.98 Å². The second kappa shape index (κ2) is 5.96. The average molecular weight is 368 g/mol. The minimum atomic E-state index is -3.43. The van der Waals surface area contributed by atoms with Crippen LogP contribution in [0, 0.1) is 0 Å². The predicted octanol–water partition coefficient (Wildman–Crippen LogP) is 4.08. The number of rotatable bonds is 3. The zero-order valence-corrected chi connectivity index (χ0v) is 14.2. The molecule has 1 heterocycles. The molecule has 8 heteroatoms. The fourth-order valence-electron chi connectivity index (χ4n) is 2.19. The Balaban J connectivity index is 2.19. The number of nitrogens with one attached hydrogen (secondary N) is 1. The molecule has 0 fully saturated rings. The molecule has 118 valence electrons. The van der Waals surface area contributed by atoms with E-state index in [2.05, 4.69) is 15.3 Å². The van der Waals surface area contributed by atoms with Crippen LogP contribution >= 0.6 is 23.2 Å². The number of aromatic nitrogens is 2. The molecule has 0 aliphatic carbocycles. The van der Waals surface area contributed by atoms with Gasteiger partial charge in [0.05, 0.1) is 16.1 Å². The molecular weight excluding hydrogens is 357 g/mol. The Kier molecular flexibility index (Phi) is 4.14. The van der Waals surface area contributed by atoms with E-state index in [1.807, 2.05) is 18.2 Å². The lowest BCUT2D eigenvalue weighted by atomic mass is 10.2. The van der Waals surface area contributed by atoms with Crippen molar-refractivity contribution >= 4 is 55.4 Å². The van der Waals surface area contributed by atoms with Crippen LogP contribution in [0.4, 0.5) is 11.5 Å². The van der Waals surface area contributed by atoms with Gasteiger partial charge in [-0.3, -0.25) is 0 Å². The van der Waals surface area contributed by atoms with Gasteiger partial charge in [-0.15, -0.1) is 0 Å². The fourth-order valence-corrected chi connectivity index (χ4v) is 3.37. The highest BCUT2D eigenvalue weighted by atomic mass is 35.5. The lowest BCUT2D eigenvalue weighted by Crippen LogP contribution is -2.04. The first kappa shape index (κ1) is 16.0. The topological polar surface area (TPSA) is 72.0 Å². The molecule has 3 rings (SSSR count). The van der Waals surface area contributed by atoms with Crippen molar-refractivity contribution in [2.45, 2.75) is 4.90 Å². The molecule has 23 heavy (non-hydrogen) atoms. The third-order valence-electron chi connectivity index (χ3n) is 3.17. The summed E-state index contributed by atoms with van der Waals surface area (Å²) in [6.45, 7) is 0. The van der Waals surface area contributed by atoms with E-state index in [0.29, 0.717) is 22.0 Å². The summed E-state index contributed by atoms with van der Waals surface area (Å²) in [6, 6.07) is 11.8. The standard InChI is InChI=1S/C15H11Cl2N3O2S/c1-23(21,22)13-7-6-9(16)8-12(13)18-14-10-4-2-3-5-11(10)19-15(17)20-14/h2-8H,1H3,(H,18,19,20). The van der Waals surface area contributed by atoms with Crippen molar-refractivity contribution in [1.82, 2.24) is 9.97 Å². The molecule has 0 saturated carbocycles. The lowest BCUT2D eigenvalue weighted by molar-refractivity contribution is 0.602. The van der Waals surface area contributed by atoms with E-state index in [0.717, 1.165) is 11.6 Å². The molecule has 0 aliphatic rings. The third-order valence-corrected chi connectivity index (χ3v) is 4.73. The number of sulfone groups is 1. The van der Waals surface area contributed by atoms with E-state index in [4.69, 9.17) is 23.2 Å². The Bertz CT molecular complexity index is 1010. The van der Waals surface area contributed by atoms with Gasteiger partial charge in [0, 0.05) is 16.7 Å². The molecule has 0 bridgehead atoms. The Morgan fingerprint density at radius 1 is 1.04 bits per heavy atom. The monoisotopic (exact) mass is 367 g/mol. The molecule has 5 nitrogen and oxygen atoms in total. The molecule has 2 aromatic carbocycles. The normalized spacial score (nSPS) is 11.6. The van der Waals surface area contributed by atoms with Gasteiger partial charge in [0.25, 0.3) is 0 Å². The summed E-state index contributed by atoms with van der Waals surface area (Å²) in [7, 11) is -3.43. The molecular formula is C15H11Cl2N3O2S. The molecule has 0 unspecified atom stereocenters. The van der Waals surface area contributed by atoms with E-state index >= 15 is 0 Å². The van der Waals surface area contributed by atoms with Crippen molar-refractivity contribution < 1.29 is 8.42 Å². The zero-order valence-electron chi connectivity index (χ0n) is 11.9. The molecule has 3 aromatic rings. The Morgan fingerprint density at radius 3 is 2.52 bits per heavy atom. The average Bonchev–Trinajstić information content (AvgIpc) is 2.45. The van der Waals surface area contributed by atoms with Gasteiger partial charge < -0.3 is 5.32 Å². The Hall–Kier alpha value is -1.89. The van der Waals surface area contributed by atoms with Gasteiger partial charge in [0.15, 0.2) is 9.84 Å². The maximum atomic E-state index is 11.9. The fraction of sp³-hybridized carbons (Fsp3) is 0.0667. The van der Waals surface area contributed by atoms with Crippen LogP contribution in [0.3, 0.4) is 0 Å². The maximum Gasteiger partial charge on any atom is 0.224 e. The van der Waals surface area contributed by atoms with Gasteiger partial charge in [0.2, 0.25) is 5.28 Å². The van der Waals surface area contributed by atoms with Crippen molar-refractivity contribution in [3.05, 3.63) is 52.8 Å². The molecule has 0 saturated heterocycles. The highest BCUT2D eigenvalue weighted by Crippen LogP contribution is 2.30. The van der Waals surface area contributed by atoms with Crippen LogP contribution in [0.5, 0.6) is 0 Å². The summed E-state index contributed by atoms with van der Waals surface area (Å²) in [6.07, 6.45) is 1.13. The van der Waals surface area contributed by atoms with E-state index in [1.165, 1.54) is 18.2 Å². The first-order valence-corrected chi connectivity index (χ1v) is 9.18. The summed E-state index contributed by atoms with van der Waals surface area (Å²) in [5, 5.41) is 4.19.